The van der Waals surface area contributed by atoms with Gasteiger partial charge < -0.3 is 10.1 Å². The largest absolute Gasteiger partial charge is 0.493 e. The summed E-state index contributed by atoms with van der Waals surface area (Å²) in [6.07, 6.45) is 6.67. The van der Waals surface area contributed by atoms with Gasteiger partial charge in [-0.1, -0.05) is 43.9 Å². The molecular weight excluding hydrogens is 392 g/mol. The number of hydrogen-bond donors (Lipinski definition) is 1. The van der Waals surface area contributed by atoms with Crippen LogP contribution in [-0.4, -0.2) is 35.3 Å². The summed E-state index contributed by atoms with van der Waals surface area (Å²) in [5.41, 5.74) is 2.00. The van der Waals surface area contributed by atoms with Crippen molar-refractivity contribution >= 4 is 17.7 Å². The smallest absolute Gasteiger partial charge is 0.261 e. The second-order valence-corrected chi connectivity index (χ2v) is 8.17. The molecule has 3 amide bonds. The molecule has 0 radical (unpaired) electrons. The maximum Gasteiger partial charge on any atom is 0.261 e. The van der Waals surface area contributed by atoms with Crippen molar-refractivity contribution in [2.45, 2.75) is 58.0 Å². The van der Waals surface area contributed by atoms with Crippen LogP contribution in [0.3, 0.4) is 0 Å². The number of nitrogens with one attached hydrogen (secondary N) is 1. The molecule has 2 aromatic rings. The molecular formula is C25H28N2O4. The summed E-state index contributed by atoms with van der Waals surface area (Å²) in [6.45, 7) is 2.43. The Kier molecular flexibility index (Phi) is 6.35. The van der Waals surface area contributed by atoms with E-state index in [0.717, 1.165) is 25.7 Å². The van der Waals surface area contributed by atoms with Crippen LogP contribution in [0.25, 0.3) is 0 Å². The lowest BCUT2D eigenvalue weighted by molar-refractivity contribution is 0.0642. The highest BCUT2D eigenvalue weighted by molar-refractivity contribution is 6.21. The Morgan fingerprint density at radius 2 is 1.65 bits per heavy atom. The van der Waals surface area contributed by atoms with E-state index in [0.29, 0.717) is 34.6 Å². The topological polar surface area (TPSA) is 75.7 Å². The fourth-order valence-corrected chi connectivity index (χ4v) is 4.39. The van der Waals surface area contributed by atoms with Crippen molar-refractivity contribution in [1.82, 2.24) is 10.2 Å². The van der Waals surface area contributed by atoms with Gasteiger partial charge in [0, 0.05) is 6.04 Å². The highest BCUT2D eigenvalue weighted by Crippen LogP contribution is 2.27. The Morgan fingerprint density at radius 1 is 1.00 bits per heavy atom. The van der Waals surface area contributed by atoms with Crippen LogP contribution in [0.5, 0.6) is 5.75 Å². The fourth-order valence-electron chi connectivity index (χ4n) is 4.39. The van der Waals surface area contributed by atoms with E-state index < -0.39 is 0 Å². The monoisotopic (exact) mass is 420 g/mol. The highest BCUT2D eigenvalue weighted by Gasteiger charge is 2.35. The van der Waals surface area contributed by atoms with Crippen molar-refractivity contribution < 1.29 is 19.1 Å². The number of hydrogen-bond acceptors (Lipinski definition) is 4. The van der Waals surface area contributed by atoms with Crippen molar-refractivity contribution in [1.29, 1.82) is 0 Å². The van der Waals surface area contributed by atoms with Gasteiger partial charge in [0.1, 0.15) is 5.75 Å². The maximum absolute atomic E-state index is 13.1. The molecule has 0 aromatic heterocycles. The van der Waals surface area contributed by atoms with E-state index in [1.165, 1.54) is 17.7 Å². The number of benzene rings is 2. The minimum absolute atomic E-state index is 0.114. The zero-order chi connectivity index (χ0) is 21.8. The predicted molar refractivity (Wildman–Crippen MR) is 117 cm³/mol. The summed E-state index contributed by atoms with van der Waals surface area (Å²) in [5, 5.41) is 3.16. The quantitative estimate of drug-likeness (QED) is 0.557. The van der Waals surface area contributed by atoms with E-state index in [-0.39, 0.29) is 30.3 Å². The van der Waals surface area contributed by atoms with Crippen molar-refractivity contribution in [2.24, 2.45) is 0 Å². The first-order valence-corrected chi connectivity index (χ1v) is 11.1. The average molecular weight is 421 g/mol. The van der Waals surface area contributed by atoms with Crippen LogP contribution >= 0.6 is 0 Å². The lowest BCUT2D eigenvalue weighted by atomic mass is 10.1. The molecule has 4 rings (SSSR count). The first-order valence-electron chi connectivity index (χ1n) is 11.1. The van der Waals surface area contributed by atoms with Crippen molar-refractivity contribution in [3.8, 4) is 5.75 Å². The summed E-state index contributed by atoms with van der Waals surface area (Å²) < 4.78 is 5.68. The van der Waals surface area contributed by atoms with Crippen LogP contribution in [0.15, 0.2) is 42.5 Å². The van der Waals surface area contributed by atoms with Gasteiger partial charge in [0.05, 0.1) is 29.8 Å². The number of ether oxygens (including phenoxy) is 1. The zero-order valence-electron chi connectivity index (χ0n) is 17.9. The van der Waals surface area contributed by atoms with Crippen LogP contribution in [0.1, 0.15) is 82.1 Å². The van der Waals surface area contributed by atoms with Crippen LogP contribution in [0.2, 0.25) is 0 Å². The molecule has 162 valence electrons. The minimum atomic E-state index is -0.307. The molecule has 1 heterocycles. The molecule has 1 aliphatic heterocycles. The Morgan fingerprint density at radius 3 is 2.26 bits per heavy atom. The SMILES string of the molecule is CCOc1ccc(CN2C(=O)c3ccccc3C2=O)cc1C(=O)NC1CCCCCC1. The summed E-state index contributed by atoms with van der Waals surface area (Å²) >= 11 is 0. The molecule has 1 aliphatic carbocycles. The normalized spacial score (nSPS) is 16.7. The van der Waals surface area contributed by atoms with Crippen LogP contribution in [0.4, 0.5) is 0 Å². The van der Waals surface area contributed by atoms with Gasteiger partial charge in [-0.3, -0.25) is 19.3 Å². The molecule has 6 nitrogen and oxygen atoms in total. The summed E-state index contributed by atoms with van der Waals surface area (Å²) in [6, 6.07) is 12.3. The van der Waals surface area contributed by atoms with E-state index >= 15 is 0 Å². The lowest BCUT2D eigenvalue weighted by Gasteiger charge is -2.19. The van der Waals surface area contributed by atoms with Crippen LogP contribution < -0.4 is 10.1 Å². The van der Waals surface area contributed by atoms with Gasteiger partial charge in [0.15, 0.2) is 0 Å². The number of fused-ring (bicyclic) bond motifs is 1. The Labute approximate surface area is 182 Å². The highest BCUT2D eigenvalue weighted by atomic mass is 16.5. The van der Waals surface area contributed by atoms with Crippen molar-refractivity contribution in [3.63, 3.8) is 0 Å². The average Bonchev–Trinajstić information content (AvgIpc) is 2.95. The number of nitrogens with zero attached hydrogens (tertiary/aromatic N) is 1. The molecule has 31 heavy (non-hydrogen) atoms. The number of rotatable bonds is 6. The van der Waals surface area contributed by atoms with Crippen molar-refractivity contribution in [2.75, 3.05) is 6.61 Å². The van der Waals surface area contributed by atoms with E-state index in [1.807, 2.05) is 6.92 Å². The molecule has 0 unspecified atom stereocenters. The molecule has 0 bridgehead atoms. The van der Waals surface area contributed by atoms with Gasteiger partial charge in [-0.05, 0) is 49.6 Å². The van der Waals surface area contributed by atoms with Gasteiger partial charge in [-0.25, -0.2) is 0 Å². The summed E-state index contributed by atoms with van der Waals surface area (Å²) in [5.74, 6) is -0.267. The van der Waals surface area contributed by atoms with Crippen LogP contribution in [-0.2, 0) is 6.54 Å². The zero-order valence-corrected chi connectivity index (χ0v) is 17.9. The Hall–Kier alpha value is -3.15. The Bertz CT molecular complexity index is 958. The minimum Gasteiger partial charge on any atom is -0.493 e. The second-order valence-electron chi connectivity index (χ2n) is 8.17. The molecule has 1 N–H and O–H groups in total. The standard InChI is InChI=1S/C25H28N2O4/c1-2-31-22-14-13-17(15-21(22)23(28)26-18-9-5-3-4-6-10-18)16-27-24(29)19-11-7-8-12-20(19)25(27)30/h7-8,11-15,18H,2-6,9-10,16H2,1H3,(H,26,28). The van der Waals surface area contributed by atoms with Gasteiger partial charge >= 0.3 is 0 Å². The van der Waals surface area contributed by atoms with Gasteiger partial charge in [-0.2, -0.15) is 0 Å². The van der Waals surface area contributed by atoms with Crippen molar-refractivity contribution in [3.05, 3.63) is 64.7 Å². The number of carbonyl (C=O) groups excluding carboxylic acids is 3. The number of carbonyl (C=O) groups is 3. The molecule has 2 aliphatic rings. The molecule has 6 heteroatoms. The third kappa shape index (κ3) is 4.48. The van der Waals surface area contributed by atoms with Gasteiger partial charge in [-0.15, -0.1) is 0 Å². The molecule has 0 saturated heterocycles. The van der Waals surface area contributed by atoms with E-state index in [1.54, 1.807) is 42.5 Å². The third-order valence-corrected chi connectivity index (χ3v) is 6.00. The molecule has 1 fully saturated rings. The first kappa shape index (κ1) is 21.1. The molecule has 1 saturated carbocycles. The van der Waals surface area contributed by atoms with Gasteiger partial charge in [0.2, 0.25) is 0 Å². The number of amides is 3. The first-order chi connectivity index (χ1) is 15.1. The van der Waals surface area contributed by atoms with E-state index in [2.05, 4.69) is 5.32 Å². The second kappa shape index (κ2) is 9.33. The summed E-state index contributed by atoms with van der Waals surface area (Å²) in [7, 11) is 0. The number of imide groups is 1. The van der Waals surface area contributed by atoms with Gasteiger partial charge in [0.25, 0.3) is 17.7 Å². The molecule has 0 spiro atoms. The summed E-state index contributed by atoms with van der Waals surface area (Å²) in [4.78, 5) is 39.7. The predicted octanol–water partition coefficient (Wildman–Crippen LogP) is 4.33. The van der Waals surface area contributed by atoms with Crippen LogP contribution in [0, 0.1) is 0 Å². The molecule has 0 atom stereocenters. The Balaban J connectivity index is 1.55. The third-order valence-electron chi connectivity index (χ3n) is 6.00. The molecule has 2 aromatic carbocycles. The fraction of sp³-hybridized carbons (Fsp3) is 0.400. The maximum atomic E-state index is 13.1. The van der Waals surface area contributed by atoms with E-state index in [4.69, 9.17) is 4.74 Å². The lowest BCUT2D eigenvalue weighted by Crippen LogP contribution is -2.35. The van der Waals surface area contributed by atoms with E-state index in [9.17, 15) is 14.4 Å².